The van der Waals surface area contributed by atoms with Crippen molar-refractivity contribution in [2.75, 3.05) is 13.1 Å². The zero-order valence-corrected chi connectivity index (χ0v) is 10.5. The largest absolute Gasteiger partial charge is 0.387 e. The van der Waals surface area contributed by atoms with Crippen LogP contribution in [0.25, 0.3) is 0 Å². The van der Waals surface area contributed by atoms with E-state index in [1.807, 2.05) is 13.2 Å². The predicted octanol–water partition coefficient (Wildman–Crippen LogP) is 1.48. The van der Waals surface area contributed by atoms with E-state index in [1.54, 1.807) is 10.9 Å². The number of aryl methyl sites for hydroxylation is 1. The van der Waals surface area contributed by atoms with E-state index in [0.29, 0.717) is 12.5 Å². The van der Waals surface area contributed by atoms with Crippen LogP contribution in [0, 0.1) is 5.92 Å². The van der Waals surface area contributed by atoms with Crippen molar-refractivity contribution in [1.29, 1.82) is 0 Å². The highest BCUT2D eigenvalue weighted by Gasteiger charge is 2.10. The molecule has 1 heterocycles. The summed E-state index contributed by atoms with van der Waals surface area (Å²) in [6.45, 7) is 5.98. The highest BCUT2D eigenvalue weighted by atomic mass is 16.3. The first-order valence-electron chi connectivity index (χ1n) is 6.04. The van der Waals surface area contributed by atoms with Crippen LogP contribution in [0.1, 0.15) is 38.4 Å². The molecule has 16 heavy (non-hydrogen) atoms. The highest BCUT2D eigenvalue weighted by molar-refractivity contribution is 5.07. The molecule has 0 bridgehead atoms. The molecule has 2 N–H and O–H groups in total. The fourth-order valence-electron chi connectivity index (χ4n) is 1.73. The summed E-state index contributed by atoms with van der Waals surface area (Å²) < 4.78 is 1.71. The topological polar surface area (TPSA) is 50.1 Å². The van der Waals surface area contributed by atoms with E-state index in [4.69, 9.17) is 0 Å². The molecule has 1 aromatic rings. The second-order valence-electron chi connectivity index (χ2n) is 4.30. The van der Waals surface area contributed by atoms with Crippen LogP contribution < -0.4 is 5.32 Å². The second-order valence-corrected chi connectivity index (χ2v) is 4.30. The standard InChI is InChI=1S/C12H23N3O/c1-4-10(5-2)6-13-8-12(16)11-7-14-15(3)9-11/h7,9-10,12-13,16H,4-6,8H2,1-3H3. The lowest BCUT2D eigenvalue weighted by Gasteiger charge is -2.15. The van der Waals surface area contributed by atoms with Gasteiger partial charge in [0.05, 0.1) is 12.3 Å². The summed E-state index contributed by atoms with van der Waals surface area (Å²) in [5, 5.41) is 17.2. The van der Waals surface area contributed by atoms with E-state index in [1.165, 1.54) is 12.8 Å². The Kier molecular flexibility index (Phi) is 5.49. The van der Waals surface area contributed by atoms with E-state index >= 15 is 0 Å². The molecule has 1 unspecified atom stereocenters. The quantitative estimate of drug-likeness (QED) is 0.739. The summed E-state index contributed by atoms with van der Waals surface area (Å²) >= 11 is 0. The molecule has 0 aliphatic rings. The van der Waals surface area contributed by atoms with Crippen LogP contribution in [0.15, 0.2) is 12.4 Å². The number of nitrogens with zero attached hydrogens (tertiary/aromatic N) is 2. The van der Waals surface area contributed by atoms with Gasteiger partial charge in [-0.05, 0) is 12.5 Å². The van der Waals surface area contributed by atoms with Gasteiger partial charge in [-0.15, -0.1) is 0 Å². The Labute approximate surface area is 97.7 Å². The number of hydrogen-bond acceptors (Lipinski definition) is 3. The fourth-order valence-corrected chi connectivity index (χ4v) is 1.73. The summed E-state index contributed by atoms with van der Waals surface area (Å²) in [7, 11) is 1.86. The molecule has 1 aromatic heterocycles. The van der Waals surface area contributed by atoms with Crippen molar-refractivity contribution in [3.8, 4) is 0 Å². The summed E-state index contributed by atoms with van der Waals surface area (Å²) in [6.07, 6.45) is 5.48. The van der Waals surface area contributed by atoms with Crippen molar-refractivity contribution < 1.29 is 5.11 Å². The first-order chi connectivity index (χ1) is 7.67. The number of rotatable bonds is 7. The second kappa shape index (κ2) is 6.66. The van der Waals surface area contributed by atoms with E-state index < -0.39 is 6.10 Å². The van der Waals surface area contributed by atoms with Crippen LogP contribution in [0.2, 0.25) is 0 Å². The van der Waals surface area contributed by atoms with E-state index in [2.05, 4.69) is 24.3 Å². The zero-order chi connectivity index (χ0) is 12.0. The Morgan fingerprint density at radius 1 is 1.38 bits per heavy atom. The molecule has 4 nitrogen and oxygen atoms in total. The summed E-state index contributed by atoms with van der Waals surface area (Å²) in [4.78, 5) is 0. The SMILES string of the molecule is CCC(CC)CNCC(O)c1cnn(C)c1. The minimum Gasteiger partial charge on any atom is -0.387 e. The molecule has 0 radical (unpaired) electrons. The minimum absolute atomic E-state index is 0.455. The van der Waals surface area contributed by atoms with Gasteiger partial charge in [0.25, 0.3) is 0 Å². The van der Waals surface area contributed by atoms with Crippen molar-refractivity contribution >= 4 is 0 Å². The molecular formula is C12H23N3O. The monoisotopic (exact) mass is 225 g/mol. The van der Waals surface area contributed by atoms with Crippen LogP contribution in [-0.2, 0) is 7.05 Å². The summed E-state index contributed by atoms with van der Waals surface area (Å²) in [5.41, 5.74) is 0.875. The molecule has 0 fully saturated rings. The Morgan fingerprint density at radius 3 is 2.56 bits per heavy atom. The Balaban J connectivity index is 2.27. The van der Waals surface area contributed by atoms with Crippen LogP contribution in [0.3, 0.4) is 0 Å². The van der Waals surface area contributed by atoms with Gasteiger partial charge >= 0.3 is 0 Å². The van der Waals surface area contributed by atoms with Gasteiger partial charge in [-0.1, -0.05) is 26.7 Å². The van der Waals surface area contributed by atoms with Gasteiger partial charge in [-0.2, -0.15) is 5.10 Å². The van der Waals surface area contributed by atoms with Crippen molar-refractivity contribution in [3.05, 3.63) is 18.0 Å². The molecule has 4 heteroatoms. The highest BCUT2D eigenvalue weighted by Crippen LogP contribution is 2.10. The lowest BCUT2D eigenvalue weighted by molar-refractivity contribution is 0.172. The third kappa shape index (κ3) is 3.94. The van der Waals surface area contributed by atoms with Gasteiger partial charge in [-0.3, -0.25) is 4.68 Å². The number of aliphatic hydroxyl groups excluding tert-OH is 1. The van der Waals surface area contributed by atoms with Gasteiger partial charge in [0.15, 0.2) is 0 Å². The van der Waals surface area contributed by atoms with Crippen LogP contribution in [-0.4, -0.2) is 28.0 Å². The smallest absolute Gasteiger partial charge is 0.0944 e. The van der Waals surface area contributed by atoms with Crippen molar-refractivity contribution in [1.82, 2.24) is 15.1 Å². The van der Waals surface area contributed by atoms with Crippen molar-refractivity contribution in [2.24, 2.45) is 13.0 Å². The molecule has 0 amide bonds. The Hall–Kier alpha value is -0.870. The van der Waals surface area contributed by atoms with Gasteiger partial charge in [0.1, 0.15) is 0 Å². The van der Waals surface area contributed by atoms with Gasteiger partial charge in [0, 0.05) is 25.4 Å². The normalized spacial score (nSPS) is 13.3. The average Bonchev–Trinajstić information content (AvgIpc) is 2.71. The predicted molar refractivity (Wildman–Crippen MR) is 65.1 cm³/mol. The molecule has 0 saturated heterocycles. The third-order valence-electron chi connectivity index (χ3n) is 3.04. The van der Waals surface area contributed by atoms with E-state index in [-0.39, 0.29) is 0 Å². The molecule has 1 atom stereocenters. The lowest BCUT2D eigenvalue weighted by atomic mass is 10.0. The first-order valence-corrected chi connectivity index (χ1v) is 6.04. The summed E-state index contributed by atoms with van der Waals surface area (Å²) in [6, 6.07) is 0. The number of aromatic nitrogens is 2. The number of aliphatic hydroxyl groups is 1. The zero-order valence-electron chi connectivity index (χ0n) is 10.5. The maximum absolute atomic E-state index is 9.88. The number of hydrogen-bond donors (Lipinski definition) is 2. The van der Waals surface area contributed by atoms with Crippen molar-refractivity contribution in [2.45, 2.75) is 32.8 Å². The van der Waals surface area contributed by atoms with Crippen LogP contribution in [0.5, 0.6) is 0 Å². The number of nitrogens with one attached hydrogen (secondary N) is 1. The molecule has 0 saturated carbocycles. The molecule has 0 aromatic carbocycles. The Bertz CT molecular complexity index is 294. The van der Waals surface area contributed by atoms with Crippen molar-refractivity contribution in [3.63, 3.8) is 0 Å². The fraction of sp³-hybridized carbons (Fsp3) is 0.750. The molecule has 1 rings (SSSR count). The molecule has 0 aliphatic heterocycles. The molecule has 0 aliphatic carbocycles. The lowest BCUT2D eigenvalue weighted by Crippen LogP contribution is -2.26. The van der Waals surface area contributed by atoms with Gasteiger partial charge < -0.3 is 10.4 Å². The van der Waals surface area contributed by atoms with E-state index in [0.717, 1.165) is 12.1 Å². The Morgan fingerprint density at radius 2 is 2.06 bits per heavy atom. The molecule has 0 spiro atoms. The van der Waals surface area contributed by atoms with Crippen LogP contribution >= 0.6 is 0 Å². The molecule has 92 valence electrons. The van der Waals surface area contributed by atoms with E-state index in [9.17, 15) is 5.11 Å². The van der Waals surface area contributed by atoms with Crippen LogP contribution in [0.4, 0.5) is 0 Å². The maximum atomic E-state index is 9.88. The summed E-state index contributed by atoms with van der Waals surface area (Å²) in [5.74, 6) is 0.709. The average molecular weight is 225 g/mol. The maximum Gasteiger partial charge on any atom is 0.0944 e. The third-order valence-corrected chi connectivity index (χ3v) is 3.04. The molecular weight excluding hydrogens is 202 g/mol. The first kappa shape index (κ1) is 13.2. The van der Waals surface area contributed by atoms with Gasteiger partial charge in [0.2, 0.25) is 0 Å². The van der Waals surface area contributed by atoms with Gasteiger partial charge in [-0.25, -0.2) is 0 Å². The minimum atomic E-state index is -0.455.